The number of rotatable bonds is 3. The number of hydrogen-bond acceptors (Lipinski definition) is 3. The van der Waals surface area contributed by atoms with Crippen molar-refractivity contribution < 1.29 is 0 Å². The summed E-state index contributed by atoms with van der Waals surface area (Å²) < 4.78 is 2.34. The summed E-state index contributed by atoms with van der Waals surface area (Å²) in [6.45, 7) is 7.53. The minimum Gasteiger partial charge on any atom is -0.321 e. The summed E-state index contributed by atoms with van der Waals surface area (Å²) in [5.74, 6) is 1.12. The van der Waals surface area contributed by atoms with E-state index in [4.69, 9.17) is 4.98 Å². The summed E-state index contributed by atoms with van der Waals surface area (Å²) in [4.78, 5) is 8.97. The van der Waals surface area contributed by atoms with E-state index in [1.807, 2.05) is 12.4 Å². The van der Waals surface area contributed by atoms with Gasteiger partial charge in [-0.25, -0.2) is 4.98 Å². The fourth-order valence-corrected chi connectivity index (χ4v) is 3.21. The molecule has 2 aromatic rings. The van der Waals surface area contributed by atoms with Gasteiger partial charge in [0.05, 0.1) is 18.3 Å². The van der Waals surface area contributed by atoms with Crippen LogP contribution in [0.5, 0.6) is 0 Å². The van der Waals surface area contributed by atoms with Crippen molar-refractivity contribution in [2.75, 3.05) is 0 Å². The second kappa shape index (κ2) is 5.17. The van der Waals surface area contributed by atoms with Gasteiger partial charge in [-0.15, -0.1) is 0 Å². The van der Waals surface area contributed by atoms with Gasteiger partial charge in [0.1, 0.15) is 11.3 Å². The van der Waals surface area contributed by atoms with E-state index in [2.05, 4.69) is 41.7 Å². The normalized spacial score (nSPS) is 17.1. The third-order valence-corrected chi connectivity index (χ3v) is 4.10. The fraction of sp³-hybridized carbons (Fsp3) is 0.625. The van der Waals surface area contributed by atoms with Crippen molar-refractivity contribution in [1.29, 1.82) is 0 Å². The van der Waals surface area contributed by atoms with E-state index in [-0.39, 0.29) is 5.54 Å². The van der Waals surface area contributed by atoms with Crippen LogP contribution in [-0.2, 0) is 12.1 Å². The van der Waals surface area contributed by atoms with Gasteiger partial charge in [0.2, 0.25) is 0 Å². The van der Waals surface area contributed by atoms with E-state index < -0.39 is 0 Å². The molecule has 2 heterocycles. The van der Waals surface area contributed by atoms with E-state index in [1.54, 1.807) is 0 Å². The average molecular weight is 272 g/mol. The predicted molar refractivity (Wildman–Crippen MR) is 81.6 cm³/mol. The molecule has 0 spiro atoms. The second-order valence-electron chi connectivity index (χ2n) is 6.76. The summed E-state index contributed by atoms with van der Waals surface area (Å²) in [6, 6.07) is 2.73. The van der Waals surface area contributed by atoms with Gasteiger partial charge in [0.25, 0.3) is 0 Å². The maximum absolute atomic E-state index is 4.78. The lowest BCUT2D eigenvalue weighted by Gasteiger charge is -2.25. The third-order valence-electron chi connectivity index (χ3n) is 4.10. The van der Waals surface area contributed by atoms with E-state index in [0.29, 0.717) is 6.04 Å². The highest BCUT2D eigenvalue weighted by Gasteiger charge is 2.22. The highest BCUT2D eigenvalue weighted by molar-refractivity contribution is 5.75. The predicted octanol–water partition coefficient (Wildman–Crippen LogP) is 3.22. The molecule has 2 aromatic heterocycles. The van der Waals surface area contributed by atoms with Crippen LogP contribution in [0.3, 0.4) is 0 Å². The molecule has 0 bridgehead atoms. The Bertz CT molecular complexity index is 588. The van der Waals surface area contributed by atoms with Gasteiger partial charge in [-0.05, 0) is 39.7 Å². The Morgan fingerprint density at radius 3 is 2.75 bits per heavy atom. The quantitative estimate of drug-likeness (QED) is 0.933. The van der Waals surface area contributed by atoms with Crippen LogP contribution in [-0.4, -0.2) is 20.6 Å². The summed E-state index contributed by atoms with van der Waals surface area (Å²) in [5, 5.41) is 3.67. The molecular formula is C16H24N4. The molecule has 0 aromatic carbocycles. The van der Waals surface area contributed by atoms with Crippen molar-refractivity contribution in [3.63, 3.8) is 0 Å². The Morgan fingerprint density at radius 1 is 1.30 bits per heavy atom. The summed E-state index contributed by atoms with van der Waals surface area (Å²) in [5.41, 5.74) is 2.20. The van der Waals surface area contributed by atoms with Crippen molar-refractivity contribution in [2.45, 2.75) is 64.6 Å². The van der Waals surface area contributed by atoms with Crippen LogP contribution in [0, 0.1) is 0 Å². The van der Waals surface area contributed by atoms with Gasteiger partial charge in [-0.1, -0.05) is 12.8 Å². The van der Waals surface area contributed by atoms with Gasteiger partial charge < -0.3 is 9.88 Å². The Labute approximate surface area is 120 Å². The van der Waals surface area contributed by atoms with Crippen LogP contribution in [0.4, 0.5) is 0 Å². The molecule has 1 N–H and O–H groups in total. The van der Waals surface area contributed by atoms with Crippen molar-refractivity contribution in [3.05, 3.63) is 24.3 Å². The Hall–Kier alpha value is -1.42. The first-order chi connectivity index (χ1) is 9.55. The van der Waals surface area contributed by atoms with Crippen LogP contribution >= 0.6 is 0 Å². The number of imidazole rings is 1. The lowest BCUT2D eigenvalue weighted by molar-refractivity contribution is 0.383. The maximum atomic E-state index is 4.78. The van der Waals surface area contributed by atoms with Crippen LogP contribution in [0.15, 0.2) is 18.5 Å². The van der Waals surface area contributed by atoms with Crippen LogP contribution < -0.4 is 5.32 Å². The van der Waals surface area contributed by atoms with Crippen LogP contribution in [0.1, 0.15) is 52.3 Å². The standard InChI is InChI=1S/C16H24N4/c1-16(2,3)20-14-8-9-17-10-13(14)19-15(20)11-18-12-6-4-5-7-12/h8-10,12,18H,4-7,11H2,1-3H3. The zero-order chi connectivity index (χ0) is 14.2. The number of nitrogens with one attached hydrogen (secondary N) is 1. The van der Waals surface area contributed by atoms with Gasteiger partial charge >= 0.3 is 0 Å². The molecule has 20 heavy (non-hydrogen) atoms. The molecule has 0 radical (unpaired) electrons. The molecule has 0 unspecified atom stereocenters. The number of fused-ring (bicyclic) bond motifs is 1. The summed E-state index contributed by atoms with van der Waals surface area (Å²) >= 11 is 0. The topological polar surface area (TPSA) is 42.7 Å². The molecule has 0 aliphatic heterocycles. The largest absolute Gasteiger partial charge is 0.321 e. The fourth-order valence-electron chi connectivity index (χ4n) is 3.21. The van der Waals surface area contributed by atoms with Crippen molar-refractivity contribution in [2.24, 2.45) is 0 Å². The molecule has 3 rings (SSSR count). The van der Waals surface area contributed by atoms with E-state index in [0.717, 1.165) is 17.9 Å². The lowest BCUT2D eigenvalue weighted by atomic mass is 10.1. The molecule has 108 valence electrons. The van der Waals surface area contributed by atoms with Gasteiger partial charge in [-0.3, -0.25) is 4.98 Å². The Kier molecular flexibility index (Phi) is 3.50. The molecule has 4 nitrogen and oxygen atoms in total. The van der Waals surface area contributed by atoms with Gasteiger partial charge in [-0.2, -0.15) is 0 Å². The Morgan fingerprint density at radius 2 is 2.05 bits per heavy atom. The summed E-state index contributed by atoms with van der Waals surface area (Å²) in [6.07, 6.45) is 9.03. The monoisotopic (exact) mass is 272 g/mol. The number of hydrogen-bond donors (Lipinski definition) is 1. The highest BCUT2D eigenvalue weighted by atomic mass is 15.2. The lowest BCUT2D eigenvalue weighted by Crippen LogP contribution is -2.30. The molecule has 0 atom stereocenters. The smallest absolute Gasteiger partial charge is 0.124 e. The summed E-state index contributed by atoms with van der Waals surface area (Å²) in [7, 11) is 0. The number of pyridine rings is 1. The first-order valence-electron chi connectivity index (χ1n) is 7.61. The minimum absolute atomic E-state index is 0.0305. The SMILES string of the molecule is CC(C)(C)n1c(CNC2CCCC2)nc2cnccc21. The molecule has 1 saturated carbocycles. The molecule has 1 fully saturated rings. The third kappa shape index (κ3) is 2.57. The van der Waals surface area contributed by atoms with Crippen molar-refractivity contribution in [3.8, 4) is 0 Å². The maximum Gasteiger partial charge on any atom is 0.124 e. The first kappa shape index (κ1) is 13.6. The average Bonchev–Trinajstić information content (AvgIpc) is 3.02. The van der Waals surface area contributed by atoms with E-state index >= 15 is 0 Å². The molecule has 1 aliphatic rings. The highest BCUT2D eigenvalue weighted by Crippen LogP contribution is 2.25. The van der Waals surface area contributed by atoms with Crippen molar-refractivity contribution >= 4 is 11.0 Å². The van der Waals surface area contributed by atoms with Crippen molar-refractivity contribution in [1.82, 2.24) is 19.9 Å². The first-order valence-corrected chi connectivity index (χ1v) is 7.61. The minimum atomic E-state index is 0.0305. The molecule has 0 amide bonds. The zero-order valence-corrected chi connectivity index (χ0v) is 12.7. The van der Waals surface area contributed by atoms with Crippen LogP contribution in [0.2, 0.25) is 0 Å². The number of aromatic nitrogens is 3. The molecule has 0 saturated heterocycles. The second-order valence-corrected chi connectivity index (χ2v) is 6.76. The Balaban J connectivity index is 1.92. The number of nitrogens with zero attached hydrogens (tertiary/aromatic N) is 3. The van der Waals surface area contributed by atoms with E-state index in [9.17, 15) is 0 Å². The molecule has 4 heteroatoms. The molecular weight excluding hydrogens is 248 g/mol. The molecule has 1 aliphatic carbocycles. The van der Waals surface area contributed by atoms with Crippen LogP contribution in [0.25, 0.3) is 11.0 Å². The van der Waals surface area contributed by atoms with Gasteiger partial charge in [0, 0.05) is 17.8 Å². The zero-order valence-electron chi connectivity index (χ0n) is 12.7. The van der Waals surface area contributed by atoms with E-state index in [1.165, 1.54) is 31.2 Å². The van der Waals surface area contributed by atoms with Gasteiger partial charge in [0.15, 0.2) is 0 Å².